The molecule has 1 aliphatic rings. The number of rotatable bonds is 14. The lowest BCUT2D eigenvalue weighted by molar-refractivity contribution is -0.119. The quantitative estimate of drug-likeness (QED) is 0.218. The number of amides is 2. The third kappa shape index (κ3) is 8.48. The van der Waals surface area contributed by atoms with E-state index in [9.17, 15) is 14.4 Å². The van der Waals surface area contributed by atoms with Crippen LogP contribution in [0.15, 0.2) is 53.3 Å². The van der Waals surface area contributed by atoms with Crippen molar-refractivity contribution in [3.05, 3.63) is 69.9 Å². The molecular weight excluding hydrogens is 588 g/mol. The smallest absolute Gasteiger partial charge is 0.224 e. The van der Waals surface area contributed by atoms with Gasteiger partial charge in [0.1, 0.15) is 12.4 Å². The maximum absolute atomic E-state index is 13.5. The molecule has 0 aromatic heterocycles. The van der Waals surface area contributed by atoms with Gasteiger partial charge in [0.25, 0.3) is 0 Å². The third-order valence-corrected chi connectivity index (χ3v) is 7.74. The lowest BCUT2D eigenvalue weighted by Crippen LogP contribution is -2.26. The first-order chi connectivity index (χ1) is 22.1. The van der Waals surface area contributed by atoms with Crippen LogP contribution in [-0.2, 0) is 16.0 Å². The van der Waals surface area contributed by atoms with Gasteiger partial charge in [-0.15, -0.1) is 0 Å². The number of carbonyl (C=O) groups is 2. The van der Waals surface area contributed by atoms with E-state index < -0.39 is 6.04 Å². The molecule has 0 heterocycles. The number of nitrogens with one attached hydrogen (secondary N) is 3. The molecular formula is C35H44N4O7. The topological polar surface area (TPSA) is 127 Å². The Kier molecular flexibility index (Phi) is 11.9. The normalized spacial score (nSPS) is 13.5. The maximum atomic E-state index is 13.5. The summed E-state index contributed by atoms with van der Waals surface area (Å²) in [5, 5.41) is 9.13. The predicted molar refractivity (Wildman–Crippen MR) is 180 cm³/mol. The number of nitrogens with zero attached hydrogens (tertiary/aromatic N) is 1. The number of hydrogen-bond acceptors (Lipinski definition) is 9. The van der Waals surface area contributed by atoms with Gasteiger partial charge < -0.3 is 39.8 Å². The summed E-state index contributed by atoms with van der Waals surface area (Å²) >= 11 is 0. The standard InChI is InChI=1S/C35H44N4O7/c1-22(40)37-28-14-12-23-19-31(43-4)34(44-5)35(45-6)33(23)26-13-15-29(30(41)21-27(26)28)36-16-8-11-32(42)38-24-9-7-10-25(20-24)46-18-17-39(2)3/h7,9-10,13,15,19-21,28H,8,11-12,14,16-18H2,1-6H3,(H,36,41)(H,37,40)(H,38,42). The number of anilines is 2. The highest BCUT2D eigenvalue weighted by molar-refractivity contribution is 5.91. The Balaban J connectivity index is 1.51. The fourth-order valence-electron chi connectivity index (χ4n) is 5.56. The fourth-order valence-corrected chi connectivity index (χ4v) is 5.56. The van der Waals surface area contributed by atoms with E-state index in [0.29, 0.717) is 72.4 Å². The van der Waals surface area contributed by atoms with Crippen molar-refractivity contribution in [2.24, 2.45) is 0 Å². The average Bonchev–Trinajstić information content (AvgIpc) is 3.26. The first-order valence-electron chi connectivity index (χ1n) is 15.3. The minimum atomic E-state index is -0.393. The van der Waals surface area contributed by atoms with Crippen molar-refractivity contribution < 1.29 is 28.5 Å². The summed E-state index contributed by atoms with van der Waals surface area (Å²) in [6.45, 7) is 3.21. The number of benzene rings is 2. The predicted octanol–water partition coefficient (Wildman–Crippen LogP) is 4.63. The van der Waals surface area contributed by atoms with Crippen molar-refractivity contribution in [1.82, 2.24) is 10.2 Å². The largest absolute Gasteiger partial charge is 0.493 e. The molecule has 2 amide bonds. The van der Waals surface area contributed by atoms with Crippen LogP contribution in [0, 0.1) is 0 Å². The average molecular weight is 633 g/mol. The minimum Gasteiger partial charge on any atom is -0.493 e. The molecule has 0 saturated heterocycles. The zero-order chi connectivity index (χ0) is 33.2. The van der Waals surface area contributed by atoms with Crippen molar-refractivity contribution >= 4 is 23.2 Å². The molecule has 0 aliphatic heterocycles. The Morgan fingerprint density at radius 3 is 2.46 bits per heavy atom. The van der Waals surface area contributed by atoms with Crippen LogP contribution in [0.1, 0.15) is 43.4 Å². The van der Waals surface area contributed by atoms with E-state index in [-0.39, 0.29) is 23.7 Å². The SMILES string of the molecule is COc1cc2c(c(OC)c1OC)-c1ccc(NCCCC(=O)Nc3cccc(OCCN(C)C)c3)c(=O)cc1C(NC(C)=O)CC2. The van der Waals surface area contributed by atoms with Crippen molar-refractivity contribution in [3.63, 3.8) is 0 Å². The number of ether oxygens (including phenoxy) is 4. The monoisotopic (exact) mass is 632 g/mol. The first-order valence-corrected chi connectivity index (χ1v) is 15.3. The molecule has 3 N–H and O–H groups in total. The van der Waals surface area contributed by atoms with E-state index in [1.807, 2.05) is 49.3 Å². The number of carbonyl (C=O) groups excluding carboxylic acids is 2. The highest BCUT2D eigenvalue weighted by atomic mass is 16.5. The maximum Gasteiger partial charge on any atom is 0.224 e. The Morgan fingerprint density at radius 1 is 0.978 bits per heavy atom. The fraction of sp³-hybridized carbons (Fsp3) is 0.400. The molecule has 246 valence electrons. The summed E-state index contributed by atoms with van der Waals surface area (Å²) in [5.41, 5.74) is 4.00. The van der Waals surface area contributed by atoms with Gasteiger partial charge in [-0.1, -0.05) is 12.1 Å². The first kappa shape index (κ1) is 34.1. The highest BCUT2D eigenvalue weighted by Crippen LogP contribution is 2.50. The van der Waals surface area contributed by atoms with Crippen LogP contribution >= 0.6 is 0 Å². The zero-order valence-electron chi connectivity index (χ0n) is 27.5. The molecule has 4 rings (SSSR count). The van der Waals surface area contributed by atoms with Crippen LogP contribution in [0.5, 0.6) is 23.0 Å². The van der Waals surface area contributed by atoms with Gasteiger partial charge in [-0.25, -0.2) is 0 Å². The molecule has 46 heavy (non-hydrogen) atoms. The minimum absolute atomic E-state index is 0.133. The molecule has 11 heteroatoms. The van der Waals surface area contributed by atoms with Gasteiger partial charge in [-0.05, 0) is 80.4 Å². The van der Waals surface area contributed by atoms with E-state index in [4.69, 9.17) is 18.9 Å². The van der Waals surface area contributed by atoms with Gasteiger partial charge in [0.15, 0.2) is 11.5 Å². The Bertz CT molecular complexity index is 1610. The lowest BCUT2D eigenvalue weighted by atomic mass is 9.95. The number of fused-ring (bicyclic) bond motifs is 3. The number of likely N-dealkylation sites (N-methyl/N-ethyl adjacent to an activating group) is 1. The van der Waals surface area contributed by atoms with Crippen LogP contribution < -0.4 is 40.3 Å². The lowest BCUT2D eigenvalue weighted by Gasteiger charge is -2.19. The molecule has 3 aromatic rings. The van der Waals surface area contributed by atoms with E-state index >= 15 is 0 Å². The van der Waals surface area contributed by atoms with Crippen LogP contribution in [0.25, 0.3) is 11.1 Å². The molecule has 0 saturated carbocycles. The van der Waals surface area contributed by atoms with Gasteiger partial charge in [-0.3, -0.25) is 14.4 Å². The second kappa shape index (κ2) is 16.0. The molecule has 0 radical (unpaired) electrons. The van der Waals surface area contributed by atoms with Crippen molar-refractivity contribution in [3.8, 4) is 34.1 Å². The summed E-state index contributed by atoms with van der Waals surface area (Å²) in [6.07, 6.45) is 1.96. The summed E-state index contributed by atoms with van der Waals surface area (Å²) < 4.78 is 22.8. The number of aryl methyl sites for hydroxylation is 1. The van der Waals surface area contributed by atoms with Gasteiger partial charge in [0.05, 0.1) is 33.1 Å². The van der Waals surface area contributed by atoms with E-state index in [0.717, 1.165) is 23.2 Å². The van der Waals surface area contributed by atoms with Crippen LogP contribution in [0.4, 0.5) is 11.4 Å². The van der Waals surface area contributed by atoms with Gasteiger partial charge in [0, 0.05) is 43.8 Å². The second-order valence-electron chi connectivity index (χ2n) is 11.4. The van der Waals surface area contributed by atoms with Crippen molar-refractivity contribution in [2.45, 2.75) is 38.6 Å². The van der Waals surface area contributed by atoms with Crippen molar-refractivity contribution in [1.29, 1.82) is 0 Å². The molecule has 0 bridgehead atoms. The number of methoxy groups -OCH3 is 3. The van der Waals surface area contributed by atoms with E-state index in [1.54, 1.807) is 39.5 Å². The Hall–Kier alpha value is -4.77. The summed E-state index contributed by atoms with van der Waals surface area (Å²) in [6, 6.07) is 14.0. The molecule has 1 atom stereocenters. The van der Waals surface area contributed by atoms with Crippen LogP contribution in [0.2, 0.25) is 0 Å². The highest BCUT2D eigenvalue weighted by Gasteiger charge is 2.29. The molecule has 0 spiro atoms. The third-order valence-electron chi connectivity index (χ3n) is 7.74. The van der Waals surface area contributed by atoms with Gasteiger partial charge in [0.2, 0.25) is 23.0 Å². The summed E-state index contributed by atoms with van der Waals surface area (Å²) in [4.78, 5) is 40.4. The van der Waals surface area contributed by atoms with Gasteiger partial charge in [-0.2, -0.15) is 0 Å². The van der Waals surface area contributed by atoms with E-state index in [1.165, 1.54) is 6.92 Å². The second-order valence-corrected chi connectivity index (χ2v) is 11.4. The molecule has 11 nitrogen and oxygen atoms in total. The molecule has 1 aliphatic carbocycles. The Morgan fingerprint density at radius 2 is 1.76 bits per heavy atom. The van der Waals surface area contributed by atoms with Crippen LogP contribution in [-0.4, -0.2) is 71.8 Å². The van der Waals surface area contributed by atoms with E-state index in [2.05, 4.69) is 16.0 Å². The van der Waals surface area contributed by atoms with Gasteiger partial charge >= 0.3 is 0 Å². The molecule has 1 unspecified atom stereocenters. The number of hydrogen-bond donors (Lipinski definition) is 3. The Labute approximate surface area is 270 Å². The van der Waals surface area contributed by atoms with Crippen molar-refractivity contribution in [2.75, 3.05) is 65.8 Å². The molecule has 3 aromatic carbocycles. The summed E-state index contributed by atoms with van der Waals surface area (Å²) in [5.74, 6) is 1.84. The molecule has 0 fully saturated rings. The summed E-state index contributed by atoms with van der Waals surface area (Å²) in [7, 11) is 8.64. The van der Waals surface area contributed by atoms with Crippen LogP contribution in [0.3, 0.4) is 0 Å². The zero-order valence-corrected chi connectivity index (χ0v) is 27.5.